The molecule has 1 amide bonds. The fourth-order valence-electron chi connectivity index (χ4n) is 3.08. The maximum absolute atomic E-state index is 12.6. The number of hydrogen-bond acceptors (Lipinski definition) is 5. The number of hydrogen-bond donors (Lipinski definition) is 1. The Hall–Kier alpha value is -1.95. The minimum atomic E-state index is -0.310. The number of nitrogens with zero attached hydrogens (tertiary/aromatic N) is 1. The van der Waals surface area contributed by atoms with Gasteiger partial charge in [0, 0.05) is 24.8 Å². The van der Waals surface area contributed by atoms with Crippen LogP contribution in [0.15, 0.2) is 18.2 Å². The third-order valence-corrected chi connectivity index (χ3v) is 4.03. The molecule has 23 heavy (non-hydrogen) atoms. The molecular formula is C17H24N2O4. The Bertz CT molecular complexity index is 568. The minimum Gasteiger partial charge on any atom is -0.486 e. The highest BCUT2D eigenvalue weighted by Crippen LogP contribution is 2.32. The van der Waals surface area contributed by atoms with Gasteiger partial charge in [0.1, 0.15) is 19.3 Å². The van der Waals surface area contributed by atoms with E-state index in [4.69, 9.17) is 14.2 Å². The van der Waals surface area contributed by atoms with E-state index >= 15 is 0 Å². The van der Waals surface area contributed by atoms with Gasteiger partial charge in [-0.3, -0.25) is 4.79 Å². The average Bonchev–Trinajstić information content (AvgIpc) is 2.53. The fourth-order valence-corrected chi connectivity index (χ4v) is 3.08. The van der Waals surface area contributed by atoms with Gasteiger partial charge in [0.2, 0.25) is 5.91 Å². The number of carbonyl (C=O) groups excluding carboxylic acids is 1. The lowest BCUT2D eigenvalue weighted by molar-refractivity contribution is -0.143. The van der Waals surface area contributed by atoms with E-state index < -0.39 is 0 Å². The molecule has 0 saturated carbocycles. The zero-order chi connectivity index (χ0) is 16.4. The summed E-state index contributed by atoms with van der Waals surface area (Å²) in [5.74, 6) is 1.55. The van der Waals surface area contributed by atoms with Gasteiger partial charge in [0.05, 0.1) is 12.2 Å². The second-order valence-corrected chi connectivity index (χ2v) is 6.23. The molecule has 1 aromatic rings. The van der Waals surface area contributed by atoms with Crippen LogP contribution in [0.4, 0.5) is 5.69 Å². The topological polar surface area (TPSA) is 60.0 Å². The van der Waals surface area contributed by atoms with E-state index in [0.717, 1.165) is 17.2 Å². The predicted molar refractivity (Wildman–Crippen MR) is 87.1 cm³/mol. The van der Waals surface area contributed by atoms with Gasteiger partial charge < -0.3 is 24.4 Å². The maximum Gasteiger partial charge on any atom is 0.244 e. The summed E-state index contributed by atoms with van der Waals surface area (Å²) < 4.78 is 16.8. The fraction of sp³-hybridized carbons (Fsp3) is 0.588. The van der Waals surface area contributed by atoms with Crippen LogP contribution in [0.3, 0.4) is 0 Å². The Kier molecular flexibility index (Phi) is 4.61. The molecule has 0 unspecified atom stereocenters. The van der Waals surface area contributed by atoms with E-state index in [2.05, 4.69) is 5.32 Å². The molecule has 0 radical (unpaired) electrons. The highest BCUT2D eigenvalue weighted by molar-refractivity contribution is 5.84. The summed E-state index contributed by atoms with van der Waals surface area (Å²) in [6, 6.07) is 5.34. The van der Waals surface area contributed by atoms with Crippen LogP contribution in [-0.2, 0) is 9.53 Å². The number of rotatable bonds is 3. The summed E-state index contributed by atoms with van der Waals surface area (Å²) in [5.41, 5.74) is 0.851. The van der Waals surface area contributed by atoms with Crippen LogP contribution in [-0.4, -0.2) is 55.4 Å². The van der Waals surface area contributed by atoms with Crippen LogP contribution >= 0.6 is 0 Å². The predicted octanol–water partition coefficient (Wildman–Crippen LogP) is 1.89. The summed E-state index contributed by atoms with van der Waals surface area (Å²) in [6.07, 6.45) is 0.147. The molecular weight excluding hydrogens is 296 g/mol. The largest absolute Gasteiger partial charge is 0.486 e. The number of ether oxygens (including phenoxy) is 3. The first-order valence-corrected chi connectivity index (χ1v) is 8.13. The van der Waals surface area contributed by atoms with E-state index in [9.17, 15) is 4.79 Å². The van der Waals surface area contributed by atoms with Crippen LogP contribution in [0.1, 0.15) is 20.8 Å². The quantitative estimate of drug-likeness (QED) is 0.922. The van der Waals surface area contributed by atoms with Crippen molar-refractivity contribution in [2.45, 2.75) is 39.0 Å². The van der Waals surface area contributed by atoms with Gasteiger partial charge in [-0.1, -0.05) is 0 Å². The molecule has 2 aliphatic heterocycles. The number of benzene rings is 1. The second-order valence-electron chi connectivity index (χ2n) is 6.23. The van der Waals surface area contributed by atoms with Crippen LogP contribution in [0.5, 0.6) is 11.5 Å². The third kappa shape index (κ3) is 3.69. The molecule has 0 spiro atoms. The van der Waals surface area contributed by atoms with E-state index in [1.165, 1.54) is 0 Å². The Morgan fingerprint density at radius 3 is 2.52 bits per heavy atom. The normalized spacial score (nSPS) is 24.9. The van der Waals surface area contributed by atoms with Crippen molar-refractivity contribution in [3.05, 3.63) is 18.2 Å². The average molecular weight is 320 g/mol. The Labute approximate surface area is 136 Å². The number of morpholine rings is 1. The molecule has 1 aromatic carbocycles. The molecule has 1 saturated heterocycles. The number of carbonyl (C=O) groups is 1. The van der Waals surface area contributed by atoms with Gasteiger partial charge in [0.15, 0.2) is 11.5 Å². The van der Waals surface area contributed by atoms with Crippen molar-refractivity contribution < 1.29 is 19.0 Å². The molecule has 0 bridgehead atoms. The molecule has 0 aromatic heterocycles. The van der Waals surface area contributed by atoms with Gasteiger partial charge >= 0.3 is 0 Å². The summed E-state index contributed by atoms with van der Waals surface area (Å²) in [6.45, 7) is 8.26. The van der Waals surface area contributed by atoms with Gasteiger partial charge in [0.25, 0.3) is 0 Å². The molecule has 2 aliphatic rings. The molecule has 0 aliphatic carbocycles. The van der Waals surface area contributed by atoms with Crippen molar-refractivity contribution in [3.8, 4) is 11.5 Å². The summed E-state index contributed by atoms with van der Waals surface area (Å²) in [4.78, 5) is 14.5. The zero-order valence-corrected chi connectivity index (χ0v) is 13.9. The molecule has 1 fully saturated rings. The van der Waals surface area contributed by atoms with E-state index in [0.29, 0.717) is 26.3 Å². The molecule has 1 N–H and O–H groups in total. The monoisotopic (exact) mass is 320 g/mol. The maximum atomic E-state index is 12.6. The minimum absolute atomic E-state index is 0.0733. The van der Waals surface area contributed by atoms with E-state index in [-0.39, 0.29) is 24.2 Å². The highest BCUT2D eigenvalue weighted by Gasteiger charge is 2.28. The van der Waals surface area contributed by atoms with E-state index in [1.807, 2.05) is 43.9 Å². The van der Waals surface area contributed by atoms with Crippen molar-refractivity contribution in [2.75, 3.05) is 31.6 Å². The lowest BCUT2D eigenvalue weighted by Gasteiger charge is -2.36. The molecule has 3 atom stereocenters. The SMILES string of the molecule is C[C@@H]1CN(C(=O)[C@H](C)Nc2ccc3c(c2)OCCO3)C[C@@H](C)O1. The molecule has 6 nitrogen and oxygen atoms in total. The van der Waals surface area contributed by atoms with Gasteiger partial charge in [-0.2, -0.15) is 0 Å². The zero-order valence-electron chi connectivity index (χ0n) is 13.9. The number of anilines is 1. The summed E-state index contributed by atoms with van der Waals surface area (Å²) in [7, 11) is 0. The standard InChI is InChI=1S/C17H24N2O4/c1-11-9-19(10-12(2)23-11)17(20)13(3)18-14-4-5-15-16(8-14)22-7-6-21-15/h4-5,8,11-13,18H,6-7,9-10H2,1-3H3/t11-,12-,13+/m1/s1. The molecule has 3 rings (SSSR count). The number of nitrogens with one attached hydrogen (secondary N) is 1. The summed E-state index contributed by atoms with van der Waals surface area (Å²) >= 11 is 0. The Morgan fingerprint density at radius 2 is 1.83 bits per heavy atom. The first-order valence-electron chi connectivity index (χ1n) is 8.13. The third-order valence-electron chi connectivity index (χ3n) is 4.03. The lowest BCUT2D eigenvalue weighted by atomic mass is 10.2. The second kappa shape index (κ2) is 6.66. The first kappa shape index (κ1) is 15.9. The van der Waals surface area contributed by atoms with Crippen molar-refractivity contribution in [1.82, 2.24) is 4.90 Å². The number of amides is 1. The first-order chi connectivity index (χ1) is 11.0. The van der Waals surface area contributed by atoms with E-state index in [1.54, 1.807) is 0 Å². The highest BCUT2D eigenvalue weighted by atomic mass is 16.6. The van der Waals surface area contributed by atoms with Crippen LogP contribution in [0.2, 0.25) is 0 Å². The van der Waals surface area contributed by atoms with Crippen LogP contribution in [0.25, 0.3) is 0 Å². The van der Waals surface area contributed by atoms with Crippen molar-refractivity contribution in [2.24, 2.45) is 0 Å². The van der Waals surface area contributed by atoms with Crippen molar-refractivity contribution >= 4 is 11.6 Å². The van der Waals surface area contributed by atoms with Crippen molar-refractivity contribution in [1.29, 1.82) is 0 Å². The van der Waals surface area contributed by atoms with Crippen molar-refractivity contribution in [3.63, 3.8) is 0 Å². The van der Waals surface area contributed by atoms with Crippen LogP contribution in [0, 0.1) is 0 Å². The van der Waals surface area contributed by atoms with Gasteiger partial charge in [-0.05, 0) is 32.9 Å². The Balaban J connectivity index is 1.64. The summed E-state index contributed by atoms with van der Waals surface area (Å²) in [5, 5.41) is 3.25. The lowest BCUT2D eigenvalue weighted by Crippen LogP contribution is -2.52. The van der Waals surface area contributed by atoms with Gasteiger partial charge in [-0.15, -0.1) is 0 Å². The van der Waals surface area contributed by atoms with Crippen LogP contribution < -0.4 is 14.8 Å². The Morgan fingerprint density at radius 1 is 1.17 bits per heavy atom. The number of fused-ring (bicyclic) bond motifs is 1. The van der Waals surface area contributed by atoms with Gasteiger partial charge in [-0.25, -0.2) is 0 Å². The molecule has 126 valence electrons. The molecule has 2 heterocycles. The molecule has 6 heteroatoms. The smallest absolute Gasteiger partial charge is 0.244 e.